The highest BCUT2D eigenvalue weighted by molar-refractivity contribution is 5.90. The third-order valence-electron chi connectivity index (χ3n) is 4.60. The van der Waals surface area contributed by atoms with Crippen LogP contribution in [0, 0.1) is 6.92 Å². The van der Waals surface area contributed by atoms with E-state index in [1.165, 1.54) is 5.56 Å². The van der Waals surface area contributed by atoms with Crippen molar-refractivity contribution in [3.05, 3.63) is 41.6 Å². The third kappa shape index (κ3) is 5.31. The molecule has 0 spiro atoms. The van der Waals surface area contributed by atoms with Gasteiger partial charge in [-0.05, 0) is 31.0 Å². The maximum Gasteiger partial charge on any atom is 0.240 e. The second-order valence-electron chi connectivity index (χ2n) is 6.60. The summed E-state index contributed by atoms with van der Waals surface area (Å²) in [5, 5.41) is 6.51. The lowest BCUT2D eigenvalue weighted by atomic mass is 10.1. The first-order chi connectivity index (χ1) is 12.6. The molecule has 2 aromatic rings. The molecule has 1 aliphatic rings. The molecule has 1 N–H and O–H groups in total. The Morgan fingerprint density at radius 3 is 2.50 bits per heavy atom. The van der Waals surface area contributed by atoms with Gasteiger partial charge >= 0.3 is 0 Å². The molecule has 1 aromatic carbocycles. The highest BCUT2D eigenvalue weighted by Crippen LogP contribution is 2.13. The zero-order chi connectivity index (χ0) is 18.4. The van der Waals surface area contributed by atoms with E-state index in [4.69, 9.17) is 9.26 Å². The number of methoxy groups -OCH3 is 1. The number of hydrogen-bond donors (Lipinski definition) is 1. The Kier molecular flexibility index (Phi) is 6.25. The molecular formula is C19H26N4O3. The van der Waals surface area contributed by atoms with Gasteiger partial charge in [-0.2, -0.15) is 0 Å². The van der Waals surface area contributed by atoms with Crippen LogP contribution < -0.4 is 10.1 Å². The number of rotatable bonds is 7. The van der Waals surface area contributed by atoms with E-state index in [1.54, 1.807) is 13.2 Å². The summed E-state index contributed by atoms with van der Waals surface area (Å²) in [5.41, 5.74) is 2.07. The molecule has 0 unspecified atom stereocenters. The molecule has 0 aliphatic carbocycles. The number of carbonyl (C=O) groups excluding carboxylic acids is 1. The van der Waals surface area contributed by atoms with Crippen molar-refractivity contribution in [1.82, 2.24) is 15.0 Å². The maximum atomic E-state index is 12.1. The van der Waals surface area contributed by atoms with Gasteiger partial charge in [0, 0.05) is 38.8 Å². The van der Waals surface area contributed by atoms with Crippen LogP contribution in [0.25, 0.3) is 0 Å². The molecule has 7 heteroatoms. The predicted octanol–water partition coefficient (Wildman–Crippen LogP) is 1.79. The van der Waals surface area contributed by atoms with Crippen molar-refractivity contribution in [2.45, 2.75) is 13.3 Å². The SMILES string of the molecule is COc1ccc(CCN2CCN(CC(=O)Nc3cc(C)no3)CC2)cc1. The van der Waals surface area contributed by atoms with Crippen LogP contribution in [0.4, 0.5) is 5.88 Å². The molecule has 0 saturated carbocycles. The van der Waals surface area contributed by atoms with E-state index in [2.05, 4.69) is 32.4 Å². The average Bonchev–Trinajstić information content (AvgIpc) is 3.06. The molecule has 3 rings (SSSR count). The number of ether oxygens (including phenoxy) is 1. The Hall–Kier alpha value is -2.38. The summed E-state index contributed by atoms with van der Waals surface area (Å²) in [4.78, 5) is 16.7. The zero-order valence-electron chi connectivity index (χ0n) is 15.4. The van der Waals surface area contributed by atoms with E-state index in [-0.39, 0.29) is 5.91 Å². The number of nitrogens with one attached hydrogen (secondary N) is 1. The number of nitrogens with zero attached hydrogens (tertiary/aromatic N) is 3. The van der Waals surface area contributed by atoms with E-state index < -0.39 is 0 Å². The van der Waals surface area contributed by atoms with Crippen LogP contribution in [-0.4, -0.2) is 67.2 Å². The summed E-state index contributed by atoms with van der Waals surface area (Å²) in [7, 11) is 1.68. The van der Waals surface area contributed by atoms with Crippen LogP contribution in [0.15, 0.2) is 34.9 Å². The smallest absolute Gasteiger partial charge is 0.240 e. The number of hydrogen-bond acceptors (Lipinski definition) is 6. The first-order valence-electron chi connectivity index (χ1n) is 8.93. The molecule has 0 radical (unpaired) electrons. The molecule has 1 aliphatic heterocycles. The lowest BCUT2D eigenvalue weighted by molar-refractivity contribution is -0.117. The Bertz CT molecular complexity index is 706. The molecule has 1 saturated heterocycles. The standard InChI is InChI=1S/C19H26N4O3/c1-15-13-19(26-21-15)20-18(24)14-23-11-9-22(10-12-23)8-7-16-3-5-17(25-2)6-4-16/h3-6,13H,7-12,14H2,1-2H3,(H,20,24). The molecule has 26 heavy (non-hydrogen) atoms. The number of carbonyl (C=O) groups is 1. The van der Waals surface area contributed by atoms with E-state index in [1.807, 2.05) is 19.1 Å². The minimum atomic E-state index is -0.0622. The molecule has 2 heterocycles. The molecule has 140 valence electrons. The minimum absolute atomic E-state index is 0.0622. The summed E-state index contributed by atoms with van der Waals surface area (Å²) >= 11 is 0. The van der Waals surface area contributed by atoms with Crippen molar-refractivity contribution < 1.29 is 14.1 Å². The Balaban J connectivity index is 1.36. The Morgan fingerprint density at radius 1 is 1.19 bits per heavy atom. The average molecular weight is 358 g/mol. The summed E-state index contributed by atoms with van der Waals surface area (Å²) < 4.78 is 10.2. The fourth-order valence-electron chi connectivity index (χ4n) is 3.05. The normalized spacial score (nSPS) is 15.8. The Labute approximate surface area is 153 Å². The fourth-order valence-corrected chi connectivity index (χ4v) is 3.05. The van der Waals surface area contributed by atoms with Crippen molar-refractivity contribution in [1.29, 1.82) is 0 Å². The number of aromatic nitrogens is 1. The second kappa shape index (κ2) is 8.82. The van der Waals surface area contributed by atoms with Crippen molar-refractivity contribution in [3.8, 4) is 5.75 Å². The predicted molar refractivity (Wildman–Crippen MR) is 99.4 cm³/mol. The van der Waals surface area contributed by atoms with E-state index in [0.29, 0.717) is 12.4 Å². The molecule has 0 atom stereocenters. The van der Waals surface area contributed by atoms with Gasteiger partial charge in [0.05, 0.1) is 19.3 Å². The van der Waals surface area contributed by atoms with Crippen molar-refractivity contribution >= 4 is 11.8 Å². The van der Waals surface area contributed by atoms with E-state index in [9.17, 15) is 4.79 Å². The van der Waals surface area contributed by atoms with Gasteiger partial charge in [-0.1, -0.05) is 17.3 Å². The van der Waals surface area contributed by atoms with Gasteiger partial charge in [0.25, 0.3) is 0 Å². The van der Waals surface area contributed by atoms with Gasteiger partial charge in [0.1, 0.15) is 5.75 Å². The van der Waals surface area contributed by atoms with Gasteiger partial charge in [0.2, 0.25) is 11.8 Å². The zero-order valence-corrected chi connectivity index (χ0v) is 15.4. The molecular weight excluding hydrogens is 332 g/mol. The molecule has 1 aromatic heterocycles. The molecule has 1 amide bonds. The van der Waals surface area contributed by atoms with Crippen molar-refractivity contribution in [2.24, 2.45) is 0 Å². The first-order valence-corrected chi connectivity index (χ1v) is 8.93. The monoisotopic (exact) mass is 358 g/mol. The Morgan fingerprint density at radius 2 is 1.88 bits per heavy atom. The van der Waals surface area contributed by atoms with Crippen LogP contribution in [0.1, 0.15) is 11.3 Å². The molecule has 7 nitrogen and oxygen atoms in total. The van der Waals surface area contributed by atoms with Crippen molar-refractivity contribution in [2.75, 3.05) is 51.7 Å². The number of aryl methyl sites for hydroxylation is 1. The van der Waals surface area contributed by atoms with Gasteiger partial charge in [-0.15, -0.1) is 0 Å². The topological polar surface area (TPSA) is 70.8 Å². The van der Waals surface area contributed by atoms with Gasteiger partial charge in [-0.25, -0.2) is 0 Å². The summed E-state index contributed by atoms with van der Waals surface area (Å²) in [5.74, 6) is 1.24. The van der Waals surface area contributed by atoms with E-state index in [0.717, 1.165) is 50.6 Å². The summed E-state index contributed by atoms with van der Waals surface area (Å²) in [6, 6.07) is 9.95. The highest BCUT2D eigenvalue weighted by Gasteiger charge is 2.19. The van der Waals surface area contributed by atoms with Crippen molar-refractivity contribution in [3.63, 3.8) is 0 Å². The fraction of sp³-hybridized carbons (Fsp3) is 0.474. The van der Waals surface area contributed by atoms with E-state index >= 15 is 0 Å². The lowest BCUT2D eigenvalue weighted by Gasteiger charge is -2.34. The molecule has 0 bridgehead atoms. The van der Waals surface area contributed by atoms with Gasteiger partial charge < -0.3 is 14.2 Å². The molecule has 1 fully saturated rings. The number of amides is 1. The quantitative estimate of drug-likeness (QED) is 0.814. The van der Waals surface area contributed by atoms with Crippen LogP contribution in [0.3, 0.4) is 0 Å². The largest absolute Gasteiger partial charge is 0.497 e. The highest BCUT2D eigenvalue weighted by atomic mass is 16.5. The van der Waals surface area contributed by atoms with Crippen LogP contribution in [-0.2, 0) is 11.2 Å². The maximum absolute atomic E-state index is 12.1. The summed E-state index contributed by atoms with van der Waals surface area (Å²) in [6.45, 7) is 6.98. The lowest BCUT2D eigenvalue weighted by Crippen LogP contribution is -2.49. The van der Waals surface area contributed by atoms with Crippen LogP contribution >= 0.6 is 0 Å². The number of anilines is 1. The minimum Gasteiger partial charge on any atom is -0.497 e. The third-order valence-corrected chi connectivity index (χ3v) is 4.60. The van der Waals surface area contributed by atoms with Crippen LogP contribution in [0.5, 0.6) is 5.75 Å². The van der Waals surface area contributed by atoms with Gasteiger partial charge in [0.15, 0.2) is 0 Å². The number of benzene rings is 1. The number of piperazine rings is 1. The first kappa shape index (κ1) is 18.4. The van der Waals surface area contributed by atoms with Gasteiger partial charge in [-0.3, -0.25) is 15.0 Å². The van der Waals surface area contributed by atoms with Crippen LogP contribution in [0.2, 0.25) is 0 Å². The second-order valence-corrected chi connectivity index (χ2v) is 6.60. The summed E-state index contributed by atoms with van der Waals surface area (Å²) in [6.07, 6.45) is 1.02.